The molecule has 3 fully saturated rings. The number of aromatic nitrogens is 4. The molecule has 3 aliphatic heterocycles. The van der Waals surface area contributed by atoms with E-state index in [1.54, 1.807) is 0 Å². The first kappa shape index (κ1) is 48.1. The van der Waals surface area contributed by atoms with E-state index in [4.69, 9.17) is 14.8 Å². The zero-order valence-electron chi connectivity index (χ0n) is 41.6. The summed E-state index contributed by atoms with van der Waals surface area (Å²) in [6, 6.07) is 29.8. The third-order valence-corrected chi connectivity index (χ3v) is 16.6. The first-order chi connectivity index (χ1) is 35.4. The van der Waals surface area contributed by atoms with Crippen LogP contribution in [-0.4, -0.2) is 98.3 Å². The maximum absolute atomic E-state index is 13.7. The van der Waals surface area contributed by atoms with Gasteiger partial charge in [-0.25, -0.2) is 14.8 Å². The fraction of sp³-hybridized carbons (Fsp3) is 0.386. The number of carboxylic acid groups (broad SMARTS) is 1. The number of aryl methyl sites for hydroxylation is 1. The summed E-state index contributed by atoms with van der Waals surface area (Å²) in [5, 5.41) is 22.4. The Hall–Kier alpha value is -7.17. The van der Waals surface area contributed by atoms with E-state index in [9.17, 15) is 24.3 Å². The van der Waals surface area contributed by atoms with Crippen molar-refractivity contribution >= 4 is 72.8 Å². The van der Waals surface area contributed by atoms with Crippen LogP contribution in [0.2, 0.25) is 0 Å². The van der Waals surface area contributed by atoms with E-state index in [1.165, 1.54) is 17.8 Å². The molecule has 15 nitrogen and oxygen atoms in total. The number of carboxylic acids is 1. The molecule has 1 aliphatic carbocycles. The molecule has 4 aliphatic rings. The summed E-state index contributed by atoms with van der Waals surface area (Å²) in [6.45, 7) is 9.28. The van der Waals surface area contributed by atoms with Gasteiger partial charge in [0, 0.05) is 68.7 Å². The molecule has 2 saturated heterocycles. The smallest absolute Gasteiger partial charge is 0.355 e. The number of aromatic carboxylic acids is 1. The molecule has 73 heavy (non-hydrogen) atoms. The van der Waals surface area contributed by atoms with Gasteiger partial charge in [-0.3, -0.25) is 34.6 Å². The second kappa shape index (κ2) is 20.4. The molecule has 4 aromatic carbocycles. The molecule has 3 amide bonds. The molecule has 2 atom stereocenters. The van der Waals surface area contributed by atoms with Crippen LogP contribution in [0.4, 0.5) is 16.6 Å². The van der Waals surface area contributed by atoms with E-state index in [1.807, 2.05) is 102 Å². The third kappa shape index (κ3) is 9.77. The molecule has 7 aromatic rings. The van der Waals surface area contributed by atoms with E-state index in [2.05, 4.69) is 44.5 Å². The van der Waals surface area contributed by atoms with Gasteiger partial charge in [-0.05, 0) is 142 Å². The second-order valence-corrected chi connectivity index (χ2v) is 21.3. The lowest BCUT2D eigenvalue weighted by Gasteiger charge is -2.41. The van der Waals surface area contributed by atoms with Gasteiger partial charge in [-0.15, -0.1) is 0 Å². The van der Waals surface area contributed by atoms with Crippen molar-refractivity contribution in [3.05, 3.63) is 125 Å². The highest BCUT2D eigenvalue weighted by molar-refractivity contribution is 7.22. The van der Waals surface area contributed by atoms with Crippen LogP contribution in [0.3, 0.4) is 0 Å². The lowest BCUT2D eigenvalue weighted by atomic mass is 9.84. The van der Waals surface area contributed by atoms with Crippen molar-refractivity contribution in [1.82, 2.24) is 30.0 Å². The van der Waals surface area contributed by atoms with Crippen LogP contribution in [0.25, 0.3) is 32.2 Å². The largest absolute Gasteiger partial charge is 0.490 e. The fourth-order valence-electron chi connectivity index (χ4n) is 11.8. The lowest BCUT2D eigenvalue weighted by Crippen LogP contribution is -2.52. The van der Waals surface area contributed by atoms with Crippen molar-refractivity contribution in [2.75, 3.05) is 47.8 Å². The zero-order chi connectivity index (χ0) is 50.3. The summed E-state index contributed by atoms with van der Waals surface area (Å²) >= 11 is 1.44. The topological polar surface area (TPSA) is 175 Å². The first-order valence-corrected chi connectivity index (χ1v) is 26.6. The summed E-state index contributed by atoms with van der Waals surface area (Å²) < 4.78 is 9.61. The first-order valence-electron chi connectivity index (χ1n) is 25.8. The van der Waals surface area contributed by atoms with Gasteiger partial charge in [0.05, 0.1) is 39.1 Å². The molecule has 0 unspecified atom stereocenters. The molecule has 6 heterocycles. The van der Waals surface area contributed by atoms with Gasteiger partial charge in [-0.1, -0.05) is 59.9 Å². The molecule has 376 valence electrons. The van der Waals surface area contributed by atoms with Gasteiger partial charge in [-0.2, -0.15) is 5.10 Å². The number of nitrogens with zero attached hydrogens (tertiary/aromatic N) is 7. The van der Waals surface area contributed by atoms with Gasteiger partial charge in [0.2, 0.25) is 11.8 Å². The molecular formula is C57H61N9O6S. The highest BCUT2D eigenvalue weighted by atomic mass is 32.1. The average molecular weight is 1000 g/mol. The van der Waals surface area contributed by atoms with Crippen LogP contribution >= 0.6 is 11.3 Å². The average Bonchev–Trinajstić information content (AvgIpc) is 3.97. The Labute approximate surface area is 428 Å². The van der Waals surface area contributed by atoms with Crippen molar-refractivity contribution in [3.63, 3.8) is 0 Å². The molecule has 0 bridgehead atoms. The quantitative estimate of drug-likeness (QED) is 0.0935. The molecule has 0 spiro atoms. The maximum Gasteiger partial charge on any atom is 0.355 e. The number of pyridine rings is 1. The number of carbonyl (C=O) groups is 4. The predicted octanol–water partition coefficient (Wildman–Crippen LogP) is 9.52. The number of piperidine rings is 1. The second-order valence-electron chi connectivity index (χ2n) is 20.3. The number of fused-ring (bicyclic) bond motifs is 3. The highest BCUT2D eigenvalue weighted by Crippen LogP contribution is 2.39. The van der Waals surface area contributed by atoms with E-state index in [0.29, 0.717) is 66.4 Å². The Morgan fingerprint density at radius 2 is 1.70 bits per heavy atom. The summed E-state index contributed by atoms with van der Waals surface area (Å²) in [4.78, 5) is 67.7. The SMILES string of the molecule is Cc1c(OC2CCC(CCCN3CCN(c4cccc5c([C@H]6CCC(=O)NC6=O)nn(C)c45)[C@H](C)C3)CC2)cccc1-c1ccc(N2CCc3cccc(C(=O)Nc4nc5ccccc5s4)c3C2)nc1C(=O)O. The Morgan fingerprint density at radius 1 is 0.877 bits per heavy atom. The fourth-order valence-corrected chi connectivity index (χ4v) is 12.7. The number of anilines is 3. The zero-order valence-corrected chi connectivity index (χ0v) is 42.4. The van der Waals surface area contributed by atoms with Crippen molar-refractivity contribution in [3.8, 4) is 16.9 Å². The van der Waals surface area contributed by atoms with Crippen LogP contribution in [0, 0.1) is 12.8 Å². The number of hydrogen-bond acceptors (Lipinski definition) is 12. The number of imide groups is 1. The molecule has 0 radical (unpaired) electrons. The third-order valence-electron chi connectivity index (χ3n) is 15.6. The van der Waals surface area contributed by atoms with Crippen LogP contribution in [0.5, 0.6) is 5.75 Å². The number of piperazine rings is 1. The van der Waals surface area contributed by atoms with Crippen molar-refractivity contribution in [2.45, 2.75) is 96.2 Å². The molecule has 11 rings (SSSR count). The van der Waals surface area contributed by atoms with Crippen LogP contribution in [0.15, 0.2) is 91.0 Å². The Balaban J connectivity index is 0.678. The number of carbonyl (C=O) groups excluding carboxylic acids is 3. The van der Waals surface area contributed by atoms with Crippen molar-refractivity contribution < 1.29 is 29.0 Å². The predicted molar refractivity (Wildman–Crippen MR) is 285 cm³/mol. The minimum atomic E-state index is -1.10. The minimum absolute atomic E-state index is 0.0216. The summed E-state index contributed by atoms with van der Waals surface area (Å²) in [6.07, 6.45) is 8.14. The number of nitrogens with one attached hydrogen (secondary N) is 2. The monoisotopic (exact) mass is 999 g/mol. The lowest BCUT2D eigenvalue weighted by molar-refractivity contribution is -0.134. The van der Waals surface area contributed by atoms with Crippen molar-refractivity contribution in [2.24, 2.45) is 13.0 Å². The van der Waals surface area contributed by atoms with E-state index in [0.717, 1.165) is 119 Å². The Morgan fingerprint density at radius 3 is 2.51 bits per heavy atom. The van der Waals surface area contributed by atoms with Gasteiger partial charge < -0.3 is 19.6 Å². The highest BCUT2D eigenvalue weighted by Gasteiger charge is 2.34. The number of thiazole rings is 1. The number of ether oxygens (including phenoxy) is 1. The van der Waals surface area contributed by atoms with Crippen molar-refractivity contribution in [1.29, 1.82) is 0 Å². The standard InChI is InChI=1S/C57H61N9O6S/c1-34-32-64(30-31-66(34)46-16-7-14-42-51(62-63(3)53(42)46)43-24-26-50(67)60-55(43)69)28-9-10-36-19-21-38(22-20-36)72-47-17-8-12-39(35(47)2)40-23-25-49(59-52(40)56(70)71)65-29-27-37-11-6-13-41(44(37)33-65)54(68)61-57-58-45-15-4-5-18-48(45)73-57/h4-8,11-18,23,25,34,36,38,43H,9-10,19-22,24,26-33H2,1-3H3,(H,70,71)(H,58,61,68)(H,60,67,69)/t34-,36?,38?,43-/m1/s1. The normalized spacial score (nSPS) is 20.5. The minimum Gasteiger partial charge on any atom is -0.490 e. The molecule has 3 N–H and O–H groups in total. The molecule has 1 saturated carbocycles. The summed E-state index contributed by atoms with van der Waals surface area (Å²) in [5.74, 6) is -0.257. The van der Waals surface area contributed by atoms with Gasteiger partial charge in [0.15, 0.2) is 10.8 Å². The number of hydrogen-bond donors (Lipinski definition) is 3. The number of amides is 3. The molecular weight excluding hydrogens is 939 g/mol. The number of para-hydroxylation sites is 2. The molecule has 3 aromatic heterocycles. The maximum atomic E-state index is 13.7. The summed E-state index contributed by atoms with van der Waals surface area (Å²) in [5.41, 5.74) is 8.49. The van der Waals surface area contributed by atoms with Gasteiger partial charge >= 0.3 is 5.97 Å². The van der Waals surface area contributed by atoms with Gasteiger partial charge in [0.1, 0.15) is 11.6 Å². The van der Waals surface area contributed by atoms with Crippen LogP contribution in [0.1, 0.15) is 107 Å². The molecule has 16 heteroatoms. The van der Waals surface area contributed by atoms with Crippen LogP contribution in [-0.2, 0) is 29.6 Å². The number of rotatable bonds is 13. The Bertz CT molecular complexity index is 3240. The van der Waals surface area contributed by atoms with E-state index in [-0.39, 0.29) is 29.5 Å². The summed E-state index contributed by atoms with van der Waals surface area (Å²) in [7, 11) is 1.95. The van der Waals surface area contributed by atoms with Crippen LogP contribution < -0.4 is 25.2 Å². The number of benzene rings is 4. The van der Waals surface area contributed by atoms with Gasteiger partial charge in [0.25, 0.3) is 5.91 Å². The van der Waals surface area contributed by atoms with E-state index >= 15 is 0 Å². The van der Waals surface area contributed by atoms with E-state index < -0.39 is 11.9 Å². The Kier molecular flexibility index (Phi) is 13.4.